The first-order valence-electron chi connectivity index (χ1n) is 12.3. The second-order valence-corrected chi connectivity index (χ2v) is 9.79. The van der Waals surface area contributed by atoms with Crippen molar-refractivity contribution >= 4 is 35.2 Å². The Kier molecular flexibility index (Phi) is 8.79. The van der Waals surface area contributed by atoms with Gasteiger partial charge in [0.2, 0.25) is 5.91 Å². The van der Waals surface area contributed by atoms with Gasteiger partial charge in [-0.15, -0.1) is 11.8 Å². The Labute approximate surface area is 216 Å². The van der Waals surface area contributed by atoms with Crippen LogP contribution in [0, 0.1) is 0 Å². The molecule has 4 rings (SSSR count). The van der Waals surface area contributed by atoms with Gasteiger partial charge in [-0.05, 0) is 48.2 Å². The van der Waals surface area contributed by atoms with Crippen LogP contribution in [-0.4, -0.2) is 41.5 Å². The standard InChI is InChI=1S/C29H31N3O3S/c1-2-3-18-30-28(35)24-11-7-8-12-25(24)31-27(34)22-13-15-23(16-14-22)29-32(26(33)20-36-29)19-17-21-9-5-4-6-10-21/h4-16,29H,2-3,17-20H2,1H3,(H,30,35)(H,31,34)/t29-/m1/s1. The number of thioether (sulfide) groups is 1. The SMILES string of the molecule is CCCCNC(=O)c1ccccc1NC(=O)c1ccc([C@H]2SCC(=O)N2CCc2ccccc2)cc1. The van der Waals surface area contributed by atoms with E-state index in [1.54, 1.807) is 48.2 Å². The lowest BCUT2D eigenvalue weighted by atomic mass is 10.1. The number of hydrogen-bond acceptors (Lipinski definition) is 4. The molecule has 2 N–H and O–H groups in total. The number of hydrogen-bond donors (Lipinski definition) is 2. The Morgan fingerprint density at radius 3 is 2.42 bits per heavy atom. The van der Waals surface area contributed by atoms with Crippen LogP contribution in [0.15, 0.2) is 78.9 Å². The van der Waals surface area contributed by atoms with Gasteiger partial charge >= 0.3 is 0 Å². The summed E-state index contributed by atoms with van der Waals surface area (Å²) >= 11 is 1.61. The number of unbranched alkanes of at least 4 members (excludes halogenated alkanes) is 1. The Morgan fingerprint density at radius 1 is 0.944 bits per heavy atom. The molecule has 1 saturated heterocycles. The average Bonchev–Trinajstić information content (AvgIpc) is 3.28. The predicted octanol–water partition coefficient (Wildman–Crippen LogP) is 5.29. The molecule has 0 bridgehead atoms. The van der Waals surface area contributed by atoms with Crippen LogP contribution >= 0.6 is 11.8 Å². The summed E-state index contributed by atoms with van der Waals surface area (Å²) in [6, 6.07) is 24.5. The second-order valence-electron chi connectivity index (χ2n) is 8.72. The van der Waals surface area contributed by atoms with Crippen molar-refractivity contribution in [1.82, 2.24) is 10.2 Å². The summed E-state index contributed by atoms with van der Waals surface area (Å²) in [7, 11) is 0. The first-order chi connectivity index (χ1) is 17.6. The molecule has 1 fully saturated rings. The van der Waals surface area contributed by atoms with Gasteiger partial charge in [0.1, 0.15) is 5.37 Å². The molecule has 1 atom stereocenters. The third-order valence-electron chi connectivity index (χ3n) is 6.15. The van der Waals surface area contributed by atoms with E-state index in [0.717, 1.165) is 24.8 Å². The lowest BCUT2D eigenvalue weighted by Crippen LogP contribution is -2.30. The summed E-state index contributed by atoms with van der Waals surface area (Å²) in [5.74, 6) is 0.106. The molecule has 6 nitrogen and oxygen atoms in total. The van der Waals surface area contributed by atoms with Crippen LogP contribution in [0.5, 0.6) is 0 Å². The Morgan fingerprint density at radius 2 is 1.67 bits per heavy atom. The Balaban J connectivity index is 1.41. The van der Waals surface area contributed by atoms with Gasteiger partial charge in [0.25, 0.3) is 11.8 Å². The van der Waals surface area contributed by atoms with Crippen molar-refractivity contribution in [2.45, 2.75) is 31.6 Å². The van der Waals surface area contributed by atoms with Crippen molar-refractivity contribution in [3.63, 3.8) is 0 Å². The largest absolute Gasteiger partial charge is 0.352 e. The lowest BCUT2D eigenvalue weighted by Gasteiger charge is -2.24. The van der Waals surface area contributed by atoms with Crippen LogP contribution in [0.1, 0.15) is 57.0 Å². The van der Waals surface area contributed by atoms with Gasteiger partial charge in [-0.3, -0.25) is 14.4 Å². The van der Waals surface area contributed by atoms with E-state index >= 15 is 0 Å². The predicted molar refractivity (Wildman–Crippen MR) is 145 cm³/mol. The average molecular weight is 502 g/mol. The van der Waals surface area contributed by atoms with Crippen molar-refractivity contribution in [3.05, 3.63) is 101 Å². The number of nitrogens with zero attached hydrogens (tertiary/aromatic N) is 1. The van der Waals surface area contributed by atoms with Gasteiger partial charge in [-0.25, -0.2) is 0 Å². The molecule has 3 aromatic rings. The topological polar surface area (TPSA) is 78.5 Å². The fourth-order valence-corrected chi connectivity index (χ4v) is 5.34. The van der Waals surface area contributed by atoms with Gasteiger partial charge in [0.05, 0.1) is 17.0 Å². The van der Waals surface area contributed by atoms with Crippen LogP contribution in [0.25, 0.3) is 0 Å². The maximum Gasteiger partial charge on any atom is 0.255 e. The molecule has 36 heavy (non-hydrogen) atoms. The van der Waals surface area contributed by atoms with Crippen molar-refractivity contribution in [2.75, 3.05) is 24.2 Å². The van der Waals surface area contributed by atoms with Crippen molar-refractivity contribution < 1.29 is 14.4 Å². The highest BCUT2D eigenvalue weighted by Crippen LogP contribution is 2.38. The number of carbonyl (C=O) groups is 3. The number of amides is 3. The van der Waals surface area contributed by atoms with Crippen LogP contribution in [0.2, 0.25) is 0 Å². The van der Waals surface area contributed by atoms with Gasteiger partial charge in [0.15, 0.2) is 0 Å². The molecule has 3 amide bonds. The van der Waals surface area contributed by atoms with Crippen molar-refractivity contribution in [3.8, 4) is 0 Å². The number of rotatable bonds is 10. The first-order valence-corrected chi connectivity index (χ1v) is 13.3. The minimum Gasteiger partial charge on any atom is -0.352 e. The monoisotopic (exact) mass is 501 g/mol. The molecule has 7 heteroatoms. The molecule has 0 unspecified atom stereocenters. The summed E-state index contributed by atoms with van der Waals surface area (Å²) in [5.41, 5.74) is 3.60. The molecule has 1 aliphatic rings. The summed E-state index contributed by atoms with van der Waals surface area (Å²) in [4.78, 5) is 40.0. The van der Waals surface area contributed by atoms with Gasteiger partial charge in [0, 0.05) is 18.7 Å². The zero-order valence-electron chi connectivity index (χ0n) is 20.4. The fourth-order valence-electron chi connectivity index (χ4n) is 4.12. The van der Waals surface area contributed by atoms with Gasteiger partial charge in [-0.2, -0.15) is 0 Å². The number of carbonyl (C=O) groups excluding carboxylic acids is 3. The van der Waals surface area contributed by atoms with E-state index in [4.69, 9.17) is 0 Å². The van der Waals surface area contributed by atoms with E-state index < -0.39 is 0 Å². The molecule has 0 radical (unpaired) electrons. The number of nitrogens with one attached hydrogen (secondary N) is 2. The molecular formula is C29H31N3O3S. The van der Waals surface area contributed by atoms with Crippen LogP contribution in [0.3, 0.4) is 0 Å². The highest BCUT2D eigenvalue weighted by atomic mass is 32.2. The second kappa shape index (κ2) is 12.4. The third-order valence-corrected chi connectivity index (χ3v) is 7.40. The van der Waals surface area contributed by atoms with Crippen LogP contribution in [0.4, 0.5) is 5.69 Å². The van der Waals surface area contributed by atoms with Crippen LogP contribution < -0.4 is 10.6 Å². The van der Waals surface area contributed by atoms with E-state index in [1.807, 2.05) is 35.2 Å². The van der Waals surface area contributed by atoms with Gasteiger partial charge in [-0.1, -0.05) is 67.9 Å². The molecule has 186 valence electrons. The minimum atomic E-state index is -0.286. The number of para-hydroxylation sites is 1. The minimum absolute atomic E-state index is 0.0640. The van der Waals surface area contributed by atoms with E-state index in [1.165, 1.54) is 5.56 Å². The van der Waals surface area contributed by atoms with E-state index in [-0.39, 0.29) is 23.1 Å². The van der Waals surface area contributed by atoms with E-state index in [0.29, 0.717) is 35.7 Å². The molecular weight excluding hydrogens is 470 g/mol. The molecule has 0 saturated carbocycles. The quantitative estimate of drug-likeness (QED) is 0.370. The third kappa shape index (κ3) is 6.34. The van der Waals surface area contributed by atoms with E-state index in [9.17, 15) is 14.4 Å². The molecule has 1 aliphatic heterocycles. The van der Waals surface area contributed by atoms with Crippen LogP contribution in [-0.2, 0) is 11.2 Å². The first kappa shape index (κ1) is 25.5. The Bertz CT molecular complexity index is 1200. The van der Waals surface area contributed by atoms with Gasteiger partial charge < -0.3 is 15.5 Å². The maximum atomic E-state index is 12.9. The Hall–Kier alpha value is -3.58. The zero-order chi connectivity index (χ0) is 25.3. The fraction of sp³-hybridized carbons (Fsp3) is 0.276. The molecule has 1 heterocycles. The molecule has 0 aliphatic carbocycles. The lowest BCUT2D eigenvalue weighted by molar-refractivity contribution is -0.128. The van der Waals surface area contributed by atoms with E-state index in [2.05, 4.69) is 29.7 Å². The number of anilines is 1. The van der Waals surface area contributed by atoms with Crippen molar-refractivity contribution in [1.29, 1.82) is 0 Å². The maximum absolute atomic E-state index is 12.9. The normalized spacial score (nSPS) is 15.1. The highest BCUT2D eigenvalue weighted by molar-refractivity contribution is 8.00. The summed E-state index contributed by atoms with van der Waals surface area (Å²) in [6.45, 7) is 3.32. The summed E-state index contributed by atoms with van der Waals surface area (Å²) in [6.07, 6.45) is 2.70. The molecule has 3 aromatic carbocycles. The molecule has 0 spiro atoms. The smallest absolute Gasteiger partial charge is 0.255 e. The van der Waals surface area contributed by atoms with Crippen molar-refractivity contribution in [2.24, 2.45) is 0 Å². The highest BCUT2D eigenvalue weighted by Gasteiger charge is 2.32. The zero-order valence-corrected chi connectivity index (χ0v) is 21.2. The number of benzene rings is 3. The summed E-state index contributed by atoms with van der Waals surface area (Å²) in [5, 5.41) is 5.70. The molecule has 0 aromatic heterocycles. The summed E-state index contributed by atoms with van der Waals surface area (Å²) < 4.78 is 0.